The van der Waals surface area contributed by atoms with Crippen LogP contribution in [0.25, 0.3) is 0 Å². The summed E-state index contributed by atoms with van der Waals surface area (Å²) in [5, 5.41) is 14.5. The normalized spacial score (nSPS) is 14.7. The Morgan fingerprint density at radius 1 is 1.10 bits per heavy atom. The van der Waals surface area contributed by atoms with Gasteiger partial charge in [-0.2, -0.15) is 0 Å². The lowest BCUT2D eigenvalue weighted by atomic mass is 10.0. The molecule has 1 aromatic carbocycles. The molecule has 0 radical (unpaired) electrons. The highest BCUT2D eigenvalue weighted by molar-refractivity contribution is 7.11. The van der Waals surface area contributed by atoms with Gasteiger partial charge in [0.1, 0.15) is 10.0 Å². The summed E-state index contributed by atoms with van der Waals surface area (Å²) in [7, 11) is 0. The molecular weight excluding hydrogens is 266 g/mol. The molecule has 20 heavy (non-hydrogen) atoms. The Labute approximate surface area is 124 Å². The minimum absolute atomic E-state index is 0.781. The minimum Gasteiger partial charge on any atom is -0.314 e. The first-order valence-corrected chi connectivity index (χ1v) is 8.22. The molecule has 2 aromatic rings. The highest BCUT2D eigenvalue weighted by Crippen LogP contribution is 2.19. The van der Waals surface area contributed by atoms with Crippen LogP contribution in [-0.4, -0.2) is 22.8 Å². The van der Waals surface area contributed by atoms with E-state index in [-0.39, 0.29) is 0 Å². The monoisotopic (exact) mass is 287 g/mol. The molecule has 106 valence electrons. The summed E-state index contributed by atoms with van der Waals surface area (Å²) in [6, 6.07) is 9.36. The number of nitrogens with one attached hydrogen (secondary N) is 1. The molecule has 0 atom stereocenters. The highest BCUT2D eigenvalue weighted by atomic mass is 32.1. The maximum absolute atomic E-state index is 4.32. The molecule has 3 nitrogen and oxygen atoms in total. The van der Waals surface area contributed by atoms with E-state index in [1.54, 1.807) is 11.3 Å². The quantitative estimate of drug-likeness (QED) is 0.851. The summed E-state index contributed by atoms with van der Waals surface area (Å²) in [5.41, 5.74) is 2.78. The number of nitrogens with zero attached hydrogens (tertiary/aromatic N) is 2. The van der Waals surface area contributed by atoms with Gasteiger partial charge in [-0.3, -0.25) is 0 Å². The molecule has 0 unspecified atom stereocenters. The van der Waals surface area contributed by atoms with Crippen LogP contribution in [-0.2, 0) is 19.3 Å². The van der Waals surface area contributed by atoms with Crippen LogP contribution in [0.4, 0.5) is 0 Å². The number of hydrogen-bond donors (Lipinski definition) is 1. The van der Waals surface area contributed by atoms with E-state index in [1.165, 1.54) is 24.0 Å². The third-order valence-electron chi connectivity index (χ3n) is 3.73. The van der Waals surface area contributed by atoms with Gasteiger partial charge in [0.2, 0.25) is 0 Å². The lowest BCUT2D eigenvalue weighted by Crippen LogP contribution is -2.19. The number of hydrogen-bond acceptors (Lipinski definition) is 4. The van der Waals surface area contributed by atoms with E-state index in [4.69, 9.17) is 0 Å². The van der Waals surface area contributed by atoms with Gasteiger partial charge in [-0.15, -0.1) is 21.5 Å². The Morgan fingerprint density at radius 3 is 2.60 bits per heavy atom. The van der Waals surface area contributed by atoms with Gasteiger partial charge in [-0.1, -0.05) is 24.3 Å². The first-order chi connectivity index (χ1) is 9.81. The Kier molecular flexibility index (Phi) is 4.43. The lowest BCUT2D eigenvalue weighted by molar-refractivity contribution is 0.677. The van der Waals surface area contributed by atoms with Crippen molar-refractivity contribution < 1.29 is 0 Å². The van der Waals surface area contributed by atoms with Crippen LogP contribution >= 0.6 is 11.3 Å². The molecule has 1 aromatic heterocycles. The van der Waals surface area contributed by atoms with Crippen LogP contribution in [0.5, 0.6) is 0 Å². The zero-order valence-corrected chi connectivity index (χ0v) is 12.7. The topological polar surface area (TPSA) is 37.8 Å². The molecule has 0 amide bonds. The van der Waals surface area contributed by atoms with Crippen molar-refractivity contribution in [1.29, 1.82) is 0 Å². The first-order valence-electron chi connectivity index (χ1n) is 7.40. The third-order valence-corrected chi connectivity index (χ3v) is 4.77. The van der Waals surface area contributed by atoms with Gasteiger partial charge >= 0.3 is 0 Å². The average molecular weight is 287 g/mol. The minimum atomic E-state index is 0.781. The maximum atomic E-state index is 4.32. The van der Waals surface area contributed by atoms with E-state index in [0.717, 1.165) is 41.9 Å². The molecule has 1 aliphatic carbocycles. The van der Waals surface area contributed by atoms with Crippen molar-refractivity contribution >= 4 is 11.3 Å². The molecule has 1 saturated carbocycles. The molecular formula is C16H21N3S. The van der Waals surface area contributed by atoms with E-state index in [9.17, 15) is 0 Å². The number of aryl methyl sites for hydroxylation is 3. The molecule has 0 bridgehead atoms. The lowest BCUT2D eigenvalue weighted by Gasteiger charge is -2.02. The van der Waals surface area contributed by atoms with Crippen molar-refractivity contribution in [2.24, 2.45) is 0 Å². The molecule has 0 saturated heterocycles. The third kappa shape index (κ3) is 3.87. The fraction of sp³-hybridized carbons (Fsp3) is 0.500. The fourth-order valence-corrected chi connectivity index (χ4v) is 3.14. The molecule has 0 aliphatic heterocycles. The van der Waals surface area contributed by atoms with Gasteiger partial charge in [-0.05, 0) is 37.3 Å². The maximum Gasteiger partial charge on any atom is 0.118 e. The van der Waals surface area contributed by atoms with Crippen molar-refractivity contribution in [1.82, 2.24) is 15.5 Å². The summed E-state index contributed by atoms with van der Waals surface area (Å²) in [6.45, 7) is 3.21. The van der Waals surface area contributed by atoms with Crippen molar-refractivity contribution in [3.05, 3.63) is 45.4 Å². The van der Waals surface area contributed by atoms with Gasteiger partial charge in [0.15, 0.2) is 0 Å². The predicted molar refractivity (Wildman–Crippen MR) is 83.2 cm³/mol. The second-order valence-electron chi connectivity index (χ2n) is 5.49. The zero-order chi connectivity index (χ0) is 13.8. The Bertz CT molecular complexity index is 560. The average Bonchev–Trinajstić information content (AvgIpc) is 3.16. The van der Waals surface area contributed by atoms with Crippen LogP contribution < -0.4 is 5.32 Å². The van der Waals surface area contributed by atoms with Crippen LogP contribution in [0.1, 0.15) is 34.0 Å². The standard InChI is InChI=1S/C16H21N3S/c1-12-4-2-3-5-13(12)6-9-15-18-19-16(20-15)10-11-17-14-7-8-14/h2-5,14,17H,6-11H2,1H3. The molecule has 3 rings (SSSR count). The summed E-state index contributed by atoms with van der Waals surface area (Å²) in [6.07, 6.45) is 5.76. The van der Waals surface area contributed by atoms with Crippen LogP contribution in [0.2, 0.25) is 0 Å². The van der Waals surface area contributed by atoms with Crippen molar-refractivity contribution in [2.45, 2.75) is 45.1 Å². The van der Waals surface area contributed by atoms with Crippen LogP contribution in [0, 0.1) is 6.92 Å². The van der Waals surface area contributed by atoms with E-state index in [0.29, 0.717) is 0 Å². The van der Waals surface area contributed by atoms with E-state index < -0.39 is 0 Å². The second-order valence-corrected chi connectivity index (χ2v) is 6.64. The molecule has 0 spiro atoms. The Hall–Kier alpha value is -1.26. The van der Waals surface area contributed by atoms with Crippen LogP contribution in [0.3, 0.4) is 0 Å². The van der Waals surface area contributed by atoms with E-state index >= 15 is 0 Å². The zero-order valence-electron chi connectivity index (χ0n) is 11.9. The van der Waals surface area contributed by atoms with Gasteiger partial charge in [0.05, 0.1) is 0 Å². The molecule has 1 fully saturated rings. The number of benzene rings is 1. The van der Waals surface area contributed by atoms with Crippen molar-refractivity contribution in [2.75, 3.05) is 6.54 Å². The number of rotatable bonds is 7. The first kappa shape index (κ1) is 13.7. The molecule has 1 aliphatic rings. The van der Waals surface area contributed by atoms with Gasteiger partial charge in [-0.25, -0.2) is 0 Å². The number of aromatic nitrogens is 2. The smallest absolute Gasteiger partial charge is 0.118 e. The van der Waals surface area contributed by atoms with Crippen LogP contribution in [0.15, 0.2) is 24.3 Å². The second kappa shape index (κ2) is 6.46. The Balaban J connectivity index is 1.48. The predicted octanol–water partition coefficient (Wildman–Crippen LogP) is 2.93. The van der Waals surface area contributed by atoms with E-state index in [1.807, 2.05) is 0 Å². The van der Waals surface area contributed by atoms with Crippen molar-refractivity contribution in [3.63, 3.8) is 0 Å². The van der Waals surface area contributed by atoms with Gasteiger partial charge in [0, 0.05) is 25.4 Å². The van der Waals surface area contributed by atoms with E-state index in [2.05, 4.69) is 46.7 Å². The summed E-state index contributed by atoms with van der Waals surface area (Å²) >= 11 is 1.77. The SMILES string of the molecule is Cc1ccccc1CCc1nnc(CCNC2CC2)s1. The summed E-state index contributed by atoms with van der Waals surface area (Å²) < 4.78 is 0. The Morgan fingerprint density at radius 2 is 1.85 bits per heavy atom. The fourth-order valence-electron chi connectivity index (χ4n) is 2.29. The highest BCUT2D eigenvalue weighted by Gasteiger charge is 2.19. The van der Waals surface area contributed by atoms with Gasteiger partial charge < -0.3 is 5.32 Å². The molecule has 1 heterocycles. The van der Waals surface area contributed by atoms with Gasteiger partial charge in [0.25, 0.3) is 0 Å². The molecule has 4 heteroatoms. The summed E-state index contributed by atoms with van der Waals surface area (Å²) in [5.74, 6) is 0. The van der Waals surface area contributed by atoms with Crippen molar-refractivity contribution in [3.8, 4) is 0 Å². The molecule has 1 N–H and O–H groups in total. The largest absolute Gasteiger partial charge is 0.314 e. The summed E-state index contributed by atoms with van der Waals surface area (Å²) in [4.78, 5) is 0.